The van der Waals surface area contributed by atoms with E-state index in [4.69, 9.17) is 10.3 Å². The van der Waals surface area contributed by atoms with Crippen LogP contribution in [0.3, 0.4) is 0 Å². The van der Waals surface area contributed by atoms with E-state index < -0.39 is 0 Å². The maximum atomic E-state index is 6.15. The number of hydrogen-bond acceptors (Lipinski definition) is 5. The third kappa shape index (κ3) is 2.06. The van der Waals surface area contributed by atoms with E-state index >= 15 is 0 Å². The number of hydrogen-bond donors (Lipinski definition) is 1. The zero-order valence-electron chi connectivity index (χ0n) is 9.47. The van der Waals surface area contributed by atoms with Crippen molar-refractivity contribution in [3.8, 4) is 11.4 Å². The molecule has 0 atom stereocenters. The fourth-order valence-corrected chi connectivity index (χ4v) is 2.05. The molecule has 1 saturated carbocycles. The smallest absolute Gasteiger partial charge is 0.228 e. The Balaban J connectivity index is 1.79. The Morgan fingerprint density at radius 2 is 2.06 bits per heavy atom. The molecule has 0 aliphatic heterocycles. The highest BCUT2D eigenvalue weighted by Crippen LogP contribution is 2.32. The van der Waals surface area contributed by atoms with Gasteiger partial charge in [0.1, 0.15) is 0 Å². The van der Waals surface area contributed by atoms with Crippen LogP contribution in [-0.2, 0) is 6.42 Å². The Morgan fingerprint density at radius 1 is 1.29 bits per heavy atom. The first-order valence-electron chi connectivity index (χ1n) is 5.77. The lowest BCUT2D eigenvalue weighted by Gasteiger charge is -2.36. The van der Waals surface area contributed by atoms with E-state index in [1.54, 1.807) is 12.4 Å². The Kier molecular flexibility index (Phi) is 2.40. The van der Waals surface area contributed by atoms with Crippen LogP contribution in [0.15, 0.2) is 29.0 Å². The van der Waals surface area contributed by atoms with Crippen LogP contribution in [0, 0.1) is 0 Å². The van der Waals surface area contributed by atoms with Crippen LogP contribution in [0.5, 0.6) is 0 Å². The van der Waals surface area contributed by atoms with E-state index in [0.29, 0.717) is 18.1 Å². The lowest BCUT2D eigenvalue weighted by atomic mass is 9.75. The molecule has 2 N–H and O–H groups in total. The van der Waals surface area contributed by atoms with Gasteiger partial charge in [0.25, 0.3) is 0 Å². The van der Waals surface area contributed by atoms with Crippen molar-refractivity contribution in [1.29, 1.82) is 0 Å². The summed E-state index contributed by atoms with van der Waals surface area (Å²) in [5.74, 6) is 1.23. The van der Waals surface area contributed by atoms with Crippen LogP contribution in [-0.4, -0.2) is 20.7 Å². The fraction of sp³-hybridized carbons (Fsp3) is 0.417. The SMILES string of the molecule is NC1(Cc2nc(-c3ccncc3)no2)CCC1. The average Bonchev–Trinajstić information content (AvgIpc) is 2.77. The van der Waals surface area contributed by atoms with Crippen LogP contribution in [0.2, 0.25) is 0 Å². The van der Waals surface area contributed by atoms with Crippen molar-refractivity contribution < 1.29 is 4.52 Å². The molecule has 0 aromatic carbocycles. The maximum absolute atomic E-state index is 6.15. The molecule has 2 aromatic heterocycles. The quantitative estimate of drug-likeness (QED) is 0.865. The van der Waals surface area contributed by atoms with E-state index in [0.717, 1.165) is 18.4 Å². The molecule has 0 radical (unpaired) electrons. The Labute approximate surface area is 99.1 Å². The molecule has 1 aliphatic rings. The van der Waals surface area contributed by atoms with E-state index in [-0.39, 0.29) is 5.54 Å². The summed E-state index contributed by atoms with van der Waals surface area (Å²) >= 11 is 0. The molecule has 0 bridgehead atoms. The monoisotopic (exact) mass is 230 g/mol. The minimum absolute atomic E-state index is 0.123. The summed E-state index contributed by atoms with van der Waals surface area (Å²) in [5, 5.41) is 3.96. The first-order chi connectivity index (χ1) is 8.25. The zero-order chi connectivity index (χ0) is 11.7. The Bertz CT molecular complexity index is 504. The Hall–Kier alpha value is -1.75. The van der Waals surface area contributed by atoms with Crippen molar-refractivity contribution in [2.75, 3.05) is 0 Å². The third-order valence-corrected chi connectivity index (χ3v) is 3.26. The number of rotatable bonds is 3. The Morgan fingerprint density at radius 3 is 2.71 bits per heavy atom. The predicted molar refractivity (Wildman–Crippen MR) is 62.0 cm³/mol. The largest absolute Gasteiger partial charge is 0.339 e. The molecule has 0 unspecified atom stereocenters. The van der Waals surface area contributed by atoms with Gasteiger partial charge in [-0.05, 0) is 31.4 Å². The number of pyridine rings is 1. The van der Waals surface area contributed by atoms with Gasteiger partial charge in [0.05, 0.1) is 0 Å². The molecule has 17 heavy (non-hydrogen) atoms. The van der Waals surface area contributed by atoms with E-state index in [9.17, 15) is 0 Å². The molecule has 2 aromatic rings. The molecule has 1 fully saturated rings. The third-order valence-electron chi connectivity index (χ3n) is 3.26. The maximum Gasteiger partial charge on any atom is 0.228 e. The molecular weight excluding hydrogens is 216 g/mol. The summed E-state index contributed by atoms with van der Waals surface area (Å²) in [7, 11) is 0. The first-order valence-corrected chi connectivity index (χ1v) is 5.77. The molecule has 5 nitrogen and oxygen atoms in total. The van der Waals surface area contributed by atoms with E-state index in [1.165, 1.54) is 6.42 Å². The molecule has 88 valence electrons. The predicted octanol–water partition coefficient (Wildman–Crippen LogP) is 1.56. The van der Waals surface area contributed by atoms with Gasteiger partial charge in [0.15, 0.2) is 0 Å². The second-order valence-corrected chi connectivity index (χ2v) is 4.64. The standard InChI is InChI=1S/C12H14N4O/c13-12(4-1-5-12)8-10-15-11(16-17-10)9-2-6-14-7-3-9/h2-3,6-7H,1,4-5,8,13H2. The zero-order valence-corrected chi connectivity index (χ0v) is 9.47. The lowest BCUT2D eigenvalue weighted by Crippen LogP contribution is -2.48. The summed E-state index contributed by atoms with van der Waals surface area (Å²) < 4.78 is 5.23. The summed E-state index contributed by atoms with van der Waals surface area (Å²) in [6.07, 6.45) is 7.37. The highest BCUT2D eigenvalue weighted by atomic mass is 16.5. The van der Waals surface area contributed by atoms with Gasteiger partial charge in [-0.15, -0.1) is 0 Å². The minimum atomic E-state index is -0.123. The van der Waals surface area contributed by atoms with E-state index in [2.05, 4.69) is 15.1 Å². The lowest BCUT2D eigenvalue weighted by molar-refractivity contribution is 0.222. The van der Waals surface area contributed by atoms with Crippen molar-refractivity contribution >= 4 is 0 Å². The van der Waals surface area contributed by atoms with Crippen LogP contribution >= 0.6 is 0 Å². The van der Waals surface area contributed by atoms with Crippen molar-refractivity contribution in [1.82, 2.24) is 15.1 Å². The summed E-state index contributed by atoms with van der Waals surface area (Å²) in [5.41, 5.74) is 6.93. The van der Waals surface area contributed by atoms with Crippen LogP contribution in [0.4, 0.5) is 0 Å². The number of nitrogens with zero attached hydrogens (tertiary/aromatic N) is 3. The number of aromatic nitrogens is 3. The van der Waals surface area contributed by atoms with Crippen LogP contribution < -0.4 is 5.73 Å². The second-order valence-electron chi connectivity index (χ2n) is 4.64. The van der Waals surface area contributed by atoms with Crippen LogP contribution in [0.1, 0.15) is 25.2 Å². The van der Waals surface area contributed by atoms with Gasteiger partial charge in [-0.25, -0.2) is 0 Å². The first kappa shape index (κ1) is 10.4. The molecule has 5 heteroatoms. The molecule has 2 heterocycles. The fourth-order valence-electron chi connectivity index (χ4n) is 2.05. The average molecular weight is 230 g/mol. The molecule has 1 aliphatic carbocycles. The topological polar surface area (TPSA) is 77.8 Å². The molecule has 0 amide bonds. The molecule has 0 saturated heterocycles. The van der Waals surface area contributed by atoms with Crippen molar-refractivity contribution in [3.05, 3.63) is 30.4 Å². The minimum Gasteiger partial charge on any atom is -0.339 e. The highest BCUT2D eigenvalue weighted by Gasteiger charge is 2.34. The van der Waals surface area contributed by atoms with Gasteiger partial charge in [0.2, 0.25) is 11.7 Å². The van der Waals surface area contributed by atoms with Gasteiger partial charge in [0, 0.05) is 29.9 Å². The van der Waals surface area contributed by atoms with Gasteiger partial charge in [-0.3, -0.25) is 4.98 Å². The van der Waals surface area contributed by atoms with Crippen LogP contribution in [0.25, 0.3) is 11.4 Å². The van der Waals surface area contributed by atoms with Crippen molar-refractivity contribution in [3.63, 3.8) is 0 Å². The van der Waals surface area contributed by atoms with Gasteiger partial charge in [-0.1, -0.05) is 5.16 Å². The van der Waals surface area contributed by atoms with E-state index in [1.807, 2.05) is 12.1 Å². The molecular formula is C12H14N4O. The van der Waals surface area contributed by atoms with Crippen molar-refractivity contribution in [2.24, 2.45) is 5.73 Å². The summed E-state index contributed by atoms with van der Waals surface area (Å²) in [4.78, 5) is 8.32. The highest BCUT2D eigenvalue weighted by molar-refractivity contribution is 5.52. The number of nitrogens with two attached hydrogens (primary N) is 1. The second kappa shape index (κ2) is 3.92. The van der Waals surface area contributed by atoms with Gasteiger partial charge >= 0.3 is 0 Å². The summed E-state index contributed by atoms with van der Waals surface area (Å²) in [6, 6.07) is 3.71. The van der Waals surface area contributed by atoms with Crippen molar-refractivity contribution in [2.45, 2.75) is 31.2 Å². The normalized spacial score (nSPS) is 17.7. The van der Waals surface area contributed by atoms with Gasteiger partial charge < -0.3 is 10.3 Å². The molecule has 3 rings (SSSR count). The molecule has 0 spiro atoms. The summed E-state index contributed by atoms with van der Waals surface area (Å²) in [6.45, 7) is 0. The van der Waals surface area contributed by atoms with Gasteiger partial charge in [-0.2, -0.15) is 4.98 Å².